The van der Waals surface area contributed by atoms with Gasteiger partial charge in [0, 0.05) is 17.2 Å². The molecule has 0 aliphatic heterocycles. The third kappa shape index (κ3) is 2.63. The second kappa shape index (κ2) is 5.03. The Bertz CT molecular complexity index is 404. The van der Waals surface area contributed by atoms with Gasteiger partial charge in [0.1, 0.15) is 4.60 Å². The van der Waals surface area contributed by atoms with Gasteiger partial charge in [-0.1, -0.05) is 0 Å². The van der Waals surface area contributed by atoms with Gasteiger partial charge in [-0.3, -0.25) is 0 Å². The summed E-state index contributed by atoms with van der Waals surface area (Å²) in [6, 6.07) is 2.95. The minimum atomic E-state index is -2.65. The van der Waals surface area contributed by atoms with Crippen molar-refractivity contribution in [1.82, 2.24) is 4.98 Å². The molecule has 0 unspecified atom stereocenters. The van der Waals surface area contributed by atoms with Crippen molar-refractivity contribution in [3.05, 3.63) is 21.8 Å². The third-order valence-electron chi connectivity index (χ3n) is 1.78. The number of hydrogen-bond donors (Lipinski definition) is 0. The molecule has 1 rings (SSSR count). The molecular formula is C9H7BrF2N2O. The number of methoxy groups -OCH3 is 1. The first kappa shape index (κ1) is 11.9. The molecule has 1 aromatic rings. The van der Waals surface area contributed by atoms with E-state index in [1.54, 1.807) is 0 Å². The Balaban J connectivity index is 3.30. The minimum absolute atomic E-state index is 0.0962. The van der Waals surface area contributed by atoms with Gasteiger partial charge >= 0.3 is 0 Å². The second-order valence-corrected chi connectivity index (χ2v) is 3.41. The van der Waals surface area contributed by atoms with Crippen LogP contribution in [0.5, 0.6) is 5.88 Å². The molecule has 0 saturated carbocycles. The lowest BCUT2D eigenvalue weighted by molar-refractivity contribution is 0.149. The number of alkyl halides is 2. The average molecular weight is 277 g/mol. The van der Waals surface area contributed by atoms with Crippen LogP contribution in [-0.4, -0.2) is 12.1 Å². The van der Waals surface area contributed by atoms with Gasteiger partial charge < -0.3 is 4.74 Å². The molecule has 0 atom stereocenters. The number of rotatable bonds is 3. The van der Waals surface area contributed by atoms with E-state index in [0.29, 0.717) is 0 Å². The summed E-state index contributed by atoms with van der Waals surface area (Å²) in [5.74, 6) is 0.0962. The zero-order chi connectivity index (χ0) is 11.4. The largest absolute Gasteiger partial charge is 0.481 e. The molecule has 0 aliphatic rings. The topological polar surface area (TPSA) is 45.9 Å². The fourth-order valence-corrected chi connectivity index (χ4v) is 1.63. The van der Waals surface area contributed by atoms with E-state index in [-0.39, 0.29) is 28.0 Å². The zero-order valence-corrected chi connectivity index (χ0v) is 9.38. The van der Waals surface area contributed by atoms with Gasteiger partial charge in [-0.2, -0.15) is 5.26 Å². The molecular weight excluding hydrogens is 270 g/mol. The molecule has 80 valence electrons. The summed E-state index contributed by atoms with van der Waals surface area (Å²) in [7, 11) is 1.34. The number of hydrogen-bond acceptors (Lipinski definition) is 3. The molecule has 0 saturated heterocycles. The summed E-state index contributed by atoms with van der Waals surface area (Å²) >= 11 is 3.03. The van der Waals surface area contributed by atoms with Crippen molar-refractivity contribution in [2.75, 3.05) is 7.11 Å². The van der Waals surface area contributed by atoms with E-state index in [4.69, 9.17) is 10.00 Å². The molecule has 0 aliphatic carbocycles. The Hall–Kier alpha value is -1.22. The van der Waals surface area contributed by atoms with Crippen LogP contribution in [0.4, 0.5) is 8.78 Å². The molecule has 0 N–H and O–H groups in total. The highest BCUT2D eigenvalue weighted by Crippen LogP contribution is 2.30. The lowest BCUT2D eigenvalue weighted by Gasteiger charge is -2.09. The Labute approximate surface area is 93.8 Å². The van der Waals surface area contributed by atoms with Crippen molar-refractivity contribution < 1.29 is 13.5 Å². The second-order valence-electron chi connectivity index (χ2n) is 2.66. The van der Waals surface area contributed by atoms with Crippen LogP contribution in [0.1, 0.15) is 17.6 Å². The van der Waals surface area contributed by atoms with Crippen LogP contribution in [0, 0.1) is 11.3 Å². The highest BCUT2D eigenvalue weighted by Gasteiger charge is 2.18. The monoisotopic (exact) mass is 276 g/mol. The first-order valence-electron chi connectivity index (χ1n) is 3.98. The van der Waals surface area contributed by atoms with Crippen molar-refractivity contribution in [3.8, 4) is 11.9 Å². The van der Waals surface area contributed by atoms with Crippen molar-refractivity contribution in [1.29, 1.82) is 5.26 Å². The molecule has 1 heterocycles. The Morgan fingerprint density at radius 2 is 2.33 bits per heavy atom. The lowest BCUT2D eigenvalue weighted by Crippen LogP contribution is -2.00. The number of nitriles is 1. The van der Waals surface area contributed by atoms with Crippen LogP contribution in [0.3, 0.4) is 0 Å². The normalized spacial score (nSPS) is 10.1. The van der Waals surface area contributed by atoms with Gasteiger partial charge in [-0.05, 0) is 15.9 Å². The van der Waals surface area contributed by atoms with Crippen LogP contribution in [-0.2, 0) is 6.42 Å². The van der Waals surface area contributed by atoms with E-state index >= 15 is 0 Å². The van der Waals surface area contributed by atoms with E-state index in [1.165, 1.54) is 7.11 Å². The standard InChI is InChI=1S/C9H7BrF2N2O/c1-15-7-4-6(9(11)12)5(2-3-13)8(10)14-7/h4,9H,2H2,1H3. The number of halogens is 3. The number of nitrogens with zero attached hydrogens (tertiary/aromatic N) is 2. The Morgan fingerprint density at radius 1 is 1.67 bits per heavy atom. The van der Waals surface area contributed by atoms with Crippen molar-refractivity contribution >= 4 is 15.9 Å². The van der Waals surface area contributed by atoms with Gasteiger partial charge in [0.05, 0.1) is 19.6 Å². The maximum Gasteiger partial charge on any atom is 0.264 e. The molecule has 3 nitrogen and oxygen atoms in total. The van der Waals surface area contributed by atoms with Crippen molar-refractivity contribution in [2.24, 2.45) is 0 Å². The highest BCUT2D eigenvalue weighted by molar-refractivity contribution is 9.10. The summed E-state index contributed by atoms with van der Waals surface area (Å²) in [5.41, 5.74) is -0.0245. The number of ether oxygens (including phenoxy) is 1. The van der Waals surface area contributed by atoms with Crippen molar-refractivity contribution in [2.45, 2.75) is 12.8 Å². The molecule has 0 amide bonds. The smallest absolute Gasteiger partial charge is 0.264 e. The highest BCUT2D eigenvalue weighted by atomic mass is 79.9. The summed E-state index contributed by atoms with van der Waals surface area (Å²) < 4.78 is 30.2. The summed E-state index contributed by atoms with van der Waals surface area (Å²) in [6.45, 7) is 0. The van der Waals surface area contributed by atoms with E-state index < -0.39 is 6.43 Å². The van der Waals surface area contributed by atoms with E-state index in [2.05, 4.69) is 20.9 Å². The molecule has 0 spiro atoms. The lowest BCUT2D eigenvalue weighted by atomic mass is 10.1. The predicted octanol–water partition coefficient (Wildman–Crippen LogP) is 2.86. The quantitative estimate of drug-likeness (QED) is 0.798. The molecule has 0 radical (unpaired) electrons. The summed E-state index contributed by atoms with van der Waals surface area (Å²) in [4.78, 5) is 3.86. The van der Waals surface area contributed by atoms with Crippen LogP contribution < -0.4 is 4.74 Å². The van der Waals surface area contributed by atoms with Crippen LogP contribution >= 0.6 is 15.9 Å². The van der Waals surface area contributed by atoms with E-state index in [9.17, 15) is 8.78 Å². The van der Waals surface area contributed by atoms with E-state index in [1.807, 2.05) is 6.07 Å². The van der Waals surface area contributed by atoms with Crippen molar-refractivity contribution in [3.63, 3.8) is 0 Å². The van der Waals surface area contributed by atoms with Gasteiger partial charge in [0.15, 0.2) is 0 Å². The first-order chi connectivity index (χ1) is 7.10. The van der Waals surface area contributed by atoms with Gasteiger partial charge in [0.25, 0.3) is 6.43 Å². The van der Waals surface area contributed by atoms with Crippen LogP contribution in [0.25, 0.3) is 0 Å². The van der Waals surface area contributed by atoms with Gasteiger partial charge in [-0.15, -0.1) is 0 Å². The van der Waals surface area contributed by atoms with Crippen LogP contribution in [0.15, 0.2) is 10.7 Å². The van der Waals surface area contributed by atoms with Crippen LogP contribution in [0.2, 0.25) is 0 Å². The van der Waals surface area contributed by atoms with Gasteiger partial charge in [0.2, 0.25) is 5.88 Å². The molecule has 0 fully saturated rings. The number of aromatic nitrogens is 1. The minimum Gasteiger partial charge on any atom is -0.481 e. The molecule has 0 aromatic carbocycles. The molecule has 6 heteroatoms. The fraction of sp³-hybridized carbons (Fsp3) is 0.333. The van der Waals surface area contributed by atoms with Gasteiger partial charge in [-0.25, -0.2) is 13.8 Å². The molecule has 15 heavy (non-hydrogen) atoms. The maximum absolute atomic E-state index is 12.6. The summed E-state index contributed by atoms with van der Waals surface area (Å²) in [6.07, 6.45) is -2.77. The summed E-state index contributed by atoms with van der Waals surface area (Å²) in [5, 5.41) is 8.50. The first-order valence-corrected chi connectivity index (χ1v) is 4.77. The number of pyridine rings is 1. The average Bonchev–Trinajstić information content (AvgIpc) is 2.20. The Kier molecular flexibility index (Phi) is 3.97. The third-order valence-corrected chi connectivity index (χ3v) is 2.44. The maximum atomic E-state index is 12.6. The van der Waals surface area contributed by atoms with E-state index in [0.717, 1.165) is 6.07 Å². The Morgan fingerprint density at radius 3 is 2.80 bits per heavy atom. The predicted molar refractivity (Wildman–Crippen MR) is 52.8 cm³/mol. The molecule has 0 bridgehead atoms. The fourth-order valence-electron chi connectivity index (χ4n) is 1.09. The molecule has 1 aromatic heterocycles. The SMILES string of the molecule is COc1cc(C(F)F)c(CC#N)c(Br)n1. The zero-order valence-electron chi connectivity index (χ0n) is 7.80.